The van der Waals surface area contributed by atoms with Gasteiger partial charge in [0.05, 0.1) is 6.42 Å². The maximum atomic E-state index is 12.2. The molecule has 0 saturated heterocycles. The van der Waals surface area contributed by atoms with Crippen LogP contribution in [0.15, 0.2) is 66.7 Å². The van der Waals surface area contributed by atoms with Crippen molar-refractivity contribution in [2.45, 2.75) is 19.9 Å². The molecule has 0 spiro atoms. The van der Waals surface area contributed by atoms with E-state index in [0.717, 1.165) is 24.5 Å². The summed E-state index contributed by atoms with van der Waals surface area (Å²) in [5.74, 6) is 1.07. The van der Waals surface area contributed by atoms with Crippen LogP contribution in [0.2, 0.25) is 5.02 Å². The predicted molar refractivity (Wildman–Crippen MR) is 109 cm³/mol. The van der Waals surface area contributed by atoms with E-state index in [4.69, 9.17) is 11.6 Å². The lowest BCUT2D eigenvalue weighted by Gasteiger charge is -2.21. The van der Waals surface area contributed by atoms with Gasteiger partial charge in [-0.1, -0.05) is 54.1 Å². The number of benzene rings is 2. The fraction of sp³-hybridized carbons (Fsp3) is 0.190. The summed E-state index contributed by atoms with van der Waals surface area (Å²) in [5, 5.41) is 11.8. The van der Waals surface area contributed by atoms with Crippen LogP contribution in [-0.4, -0.2) is 22.6 Å². The highest BCUT2D eigenvalue weighted by molar-refractivity contribution is 6.30. The van der Waals surface area contributed by atoms with Crippen LogP contribution in [0.4, 0.5) is 11.6 Å². The first kappa shape index (κ1) is 18.9. The molecule has 138 valence electrons. The zero-order valence-electron chi connectivity index (χ0n) is 15.1. The Morgan fingerprint density at radius 3 is 2.33 bits per heavy atom. The van der Waals surface area contributed by atoms with Gasteiger partial charge in [-0.3, -0.25) is 4.79 Å². The molecule has 5 nitrogen and oxygen atoms in total. The zero-order valence-corrected chi connectivity index (χ0v) is 15.9. The molecule has 3 rings (SSSR count). The van der Waals surface area contributed by atoms with E-state index in [1.165, 1.54) is 5.56 Å². The number of rotatable bonds is 7. The second kappa shape index (κ2) is 9.14. The fourth-order valence-corrected chi connectivity index (χ4v) is 2.82. The third-order valence-electron chi connectivity index (χ3n) is 4.12. The van der Waals surface area contributed by atoms with Gasteiger partial charge in [0, 0.05) is 18.1 Å². The van der Waals surface area contributed by atoms with Crippen molar-refractivity contribution >= 4 is 29.1 Å². The summed E-state index contributed by atoms with van der Waals surface area (Å²) in [6.07, 6.45) is 0.260. The number of hydrogen-bond acceptors (Lipinski definition) is 4. The second-order valence-electron chi connectivity index (χ2n) is 6.13. The predicted octanol–water partition coefficient (Wildman–Crippen LogP) is 4.34. The van der Waals surface area contributed by atoms with Crippen molar-refractivity contribution in [3.8, 4) is 0 Å². The van der Waals surface area contributed by atoms with Gasteiger partial charge in [-0.15, -0.1) is 10.2 Å². The molecular formula is C21H21ClN4O. The Hall–Kier alpha value is -2.92. The molecule has 3 aromatic rings. The Kier molecular flexibility index (Phi) is 6.39. The van der Waals surface area contributed by atoms with Crippen LogP contribution in [0.25, 0.3) is 0 Å². The number of carbonyl (C=O) groups excluding carboxylic acids is 1. The minimum atomic E-state index is -0.143. The summed E-state index contributed by atoms with van der Waals surface area (Å²) in [6, 6.07) is 21.1. The van der Waals surface area contributed by atoms with E-state index in [1.54, 1.807) is 18.2 Å². The van der Waals surface area contributed by atoms with Crippen LogP contribution < -0.4 is 10.2 Å². The van der Waals surface area contributed by atoms with Gasteiger partial charge in [-0.25, -0.2) is 0 Å². The molecule has 1 N–H and O–H groups in total. The molecule has 1 aromatic heterocycles. The van der Waals surface area contributed by atoms with Gasteiger partial charge in [0.25, 0.3) is 0 Å². The third-order valence-corrected chi connectivity index (χ3v) is 4.37. The summed E-state index contributed by atoms with van der Waals surface area (Å²) in [4.78, 5) is 14.3. The van der Waals surface area contributed by atoms with Crippen LogP contribution >= 0.6 is 11.6 Å². The molecule has 0 unspecified atom stereocenters. The summed E-state index contributed by atoms with van der Waals surface area (Å²) < 4.78 is 0. The van der Waals surface area contributed by atoms with E-state index in [1.807, 2.05) is 36.4 Å². The molecule has 0 aliphatic heterocycles. The Labute approximate surface area is 164 Å². The van der Waals surface area contributed by atoms with Gasteiger partial charge in [0.2, 0.25) is 5.91 Å². The lowest BCUT2D eigenvalue weighted by atomic mass is 10.1. The SMILES string of the molecule is CCN(Cc1ccccc1)c1ccc(NC(=O)Cc2ccc(Cl)cc2)nn1. The molecule has 0 fully saturated rings. The average Bonchev–Trinajstić information content (AvgIpc) is 2.69. The highest BCUT2D eigenvalue weighted by Crippen LogP contribution is 2.15. The van der Waals surface area contributed by atoms with Gasteiger partial charge < -0.3 is 10.2 Å². The number of amides is 1. The van der Waals surface area contributed by atoms with Gasteiger partial charge in [-0.2, -0.15) is 0 Å². The van der Waals surface area contributed by atoms with E-state index in [-0.39, 0.29) is 12.3 Å². The normalized spacial score (nSPS) is 10.4. The minimum absolute atomic E-state index is 0.143. The van der Waals surface area contributed by atoms with E-state index >= 15 is 0 Å². The molecule has 0 aliphatic carbocycles. The Bertz CT molecular complexity index is 867. The van der Waals surface area contributed by atoms with Crippen molar-refractivity contribution in [1.29, 1.82) is 0 Å². The molecule has 0 saturated carbocycles. The molecule has 1 amide bonds. The number of halogens is 1. The fourth-order valence-electron chi connectivity index (χ4n) is 2.69. The zero-order chi connectivity index (χ0) is 19.1. The number of hydrogen-bond donors (Lipinski definition) is 1. The molecule has 0 bridgehead atoms. The van der Waals surface area contributed by atoms with E-state index in [2.05, 4.69) is 39.5 Å². The minimum Gasteiger partial charge on any atom is -0.351 e. The quantitative estimate of drug-likeness (QED) is 0.662. The monoisotopic (exact) mass is 380 g/mol. The molecule has 0 atom stereocenters. The van der Waals surface area contributed by atoms with Gasteiger partial charge in [-0.05, 0) is 42.3 Å². The van der Waals surface area contributed by atoms with Crippen molar-refractivity contribution < 1.29 is 4.79 Å². The number of nitrogens with zero attached hydrogens (tertiary/aromatic N) is 3. The molecule has 27 heavy (non-hydrogen) atoms. The number of carbonyl (C=O) groups is 1. The van der Waals surface area contributed by atoms with Crippen LogP contribution in [-0.2, 0) is 17.8 Å². The van der Waals surface area contributed by atoms with E-state index in [0.29, 0.717) is 10.8 Å². The molecule has 0 radical (unpaired) electrons. The van der Waals surface area contributed by atoms with Crippen molar-refractivity contribution in [2.75, 3.05) is 16.8 Å². The van der Waals surface area contributed by atoms with Crippen LogP contribution in [0.3, 0.4) is 0 Å². The summed E-state index contributed by atoms with van der Waals surface area (Å²) in [6.45, 7) is 3.65. The number of aromatic nitrogens is 2. The van der Waals surface area contributed by atoms with Gasteiger partial charge >= 0.3 is 0 Å². The summed E-state index contributed by atoms with van der Waals surface area (Å²) in [7, 11) is 0. The first-order valence-electron chi connectivity index (χ1n) is 8.81. The first-order chi connectivity index (χ1) is 13.1. The van der Waals surface area contributed by atoms with Gasteiger partial charge in [0.15, 0.2) is 11.6 Å². The van der Waals surface area contributed by atoms with Gasteiger partial charge in [0.1, 0.15) is 0 Å². The second-order valence-corrected chi connectivity index (χ2v) is 6.56. The largest absolute Gasteiger partial charge is 0.351 e. The van der Waals surface area contributed by atoms with Crippen molar-refractivity contribution in [2.24, 2.45) is 0 Å². The average molecular weight is 381 g/mol. The summed E-state index contributed by atoms with van der Waals surface area (Å²) in [5.41, 5.74) is 2.10. The van der Waals surface area contributed by atoms with Crippen molar-refractivity contribution in [1.82, 2.24) is 10.2 Å². The molecule has 2 aromatic carbocycles. The highest BCUT2D eigenvalue weighted by atomic mass is 35.5. The maximum Gasteiger partial charge on any atom is 0.229 e. The topological polar surface area (TPSA) is 58.1 Å². The Morgan fingerprint density at radius 2 is 1.70 bits per heavy atom. The lowest BCUT2D eigenvalue weighted by Crippen LogP contribution is -2.23. The number of nitrogens with one attached hydrogen (secondary N) is 1. The van der Waals surface area contributed by atoms with Crippen LogP contribution in [0, 0.1) is 0 Å². The molecule has 6 heteroatoms. The van der Waals surface area contributed by atoms with Crippen molar-refractivity contribution in [3.63, 3.8) is 0 Å². The molecular weight excluding hydrogens is 360 g/mol. The van der Waals surface area contributed by atoms with Crippen LogP contribution in [0.1, 0.15) is 18.1 Å². The van der Waals surface area contributed by atoms with E-state index < -0.39 is 0 Å². The maximum absolute atomic E-state index is 12.2. The Balaban J connectivity index is 1.60. The smallest absolute Gasteiger partial charge is 0.229 e. The lowest BCUT2D eigenvalue weighted by molar-refractivity contribution is -0.115. The summed E-state index contributed by atoms with van der Waals surface area (Å²) >= 11 is 5.86. The van der Waals surface area contributed by atoms with E-state index in [9.17, 15) is 4.79 Å². The third kappa shape index (κ3) is 5.53. The molecule has 1 heterocycles. The standard InChI is InChI=1S/C21H21ClN4O/c1-2-26(15-17-6-4-3-5-7-17)20-13-12-19(24-25-20)23-21(27)14-16-8-10-18(22)11-9-16/h3-13H,2,14-15H2,1H3,(H,23,24,27). The highest BCUT2D eigenvalue weighted by Gasteiger charge is 2.09. The first-order valence-corrected chi connectivity index (χ1v) is 9.18. The Morgan fingerprint density at radius 1 is 0.963 bits per heavy atom. The molecule has 0 aliphatic rings. The van der Waals surface area contributed by atoms with Crippen molar-refractivity contribution in [3.05, 3.63) is 82.9 Å². The van der Waals surface area contributed by atoms with Crippen LogP contribution in [0.5, 0.6) is 0 Å². The number of anilines is 2.